The Morgan fingerprint density at radius 3 is 2.40 bits per heavy atom. The van der Waals surface area contributed by atoms with E-state index < -0.39 is 0 Å². The summed E-state index contributed by atoms with van der Waals surface area (Å²) in [6.07, 6.45) is 3.62. The highest BCUT2D eigenvalue weighted by molar-refractivity contribution is 5.19. The van der Waals surface area contributed by atoms with Gasteiger partial charge in [-0.3, -0.25) is 4.98 Å². The van der Waals surface area contributed by atoms with Gasteiger partial charge >= 0.3 is 0 Å². The van der Waals surface area contributed by atoms with Gasteiger partial charge in [0.05, 0.1) is 0 Å². The lowest BCUT2D eigenvalue weighted by molar-refractivity contribution is 0.854. The van der Waals surface area contributed by atoms with E-state index in [-0.39, 0.29) is 0 Å². The van der Waals surface area contributed by atoms with Gasteiger partial charge in [0.15, 0.2) is 0 Å². The van der Waals surface area contributed by atoms with Gasteiger partial charge in [-0.05, 0) is 21.9 Å². The SMILES string of the molecule is C=c1ccccc(=C)c(C(C)C)cnc1. The van der Waals surface area contributed by atoms with Crippen molar-refractivity contribution in [1.29, 1.82) is 0 Å². The lowest BCUT2D eigenvalue weighted by Crippen LogP contribution is -2.06. The van der Waals surface area contributed by atoms with E-state index in [1.807, 2.05) is 30.5 Å². The molecule has 1 heteroatoms. The van der Waals surface area contributed by atoms with Crippen LogP contribution < -0.4 is 10.4 Å². The summed E-state index contributed by atoms with van der Waals surface area (Å²) in [6.45, 7) is 12.2. The maximum atomic E-state index is 4.23. The first kappa shape index (κ1) is 11.4. The summed E-state index contributed by atoms with van der Waals surface area (Å²) in [4.78, 5) is 4.23. The largest absolute Gasteiger partial charge is 0.264 e. The topological polar surface area (TPSA) is 12.9 Å². The molecule has 0 saturated heterocycles. The van der Waals surface area contributed by atoms with E-state index in [9.17, 15) is 0 Å². The standard InChI is InChI=1S/C14H17N/c1-11(2)14-10-15-9-12(3)7-5-6-8-13(14)4/h5-11H,3-4H2,1-2H3. The van der Waals surface area contributed by atoms with Gasteiger partial charge in [0.1, 0.15) is 0 Å². The monoisotopic (exact) mass is 199 g/mol. The Hall–Kier alpha value is -1.63. The maximum Gasteiger partial charge on any atom is 0.0334 e. The van der Waals surface area contributed by atoms with Crippen molar-refractivity contribution < 1.29 is 0 Å². The van der Waals surface area contributed by atoms with E-state index >= 15 is 0 Å². The van der Waals surface area contributed by atoms with Crippen molar-refractivity contribution in [1.82, 2.24) is 4.98 Å². The molecule has 15 heavy (non-hydrogen) atoms. The maximum absolute atomic E-state index is 4.23. The van der Waals surface area contributed by atoms with E-state index in [1.165, 1.54) is 0 Å². The first-order chi connectivity index (χ1) is 7.11. The molecule has 1 rings (SSSR count). The van der Waals surface area contributed by atoms with Crippen molar-refractivity contribution in [3.05, 3.63) is 52.7 Å². The van der Waals surface area contributed by atoms with Crippen LogP contribution in [0.4, 0.5) is 0 Å². The molecule has 1 nitrogen and oxygen atoms in total. The Labute approximate surface area is 91.1 Å². The third kappa shape index (κ3) is 3.55. The fourth-order valence-electron chi connectivity index (χ4n) is 1.31. The molecule has 1 heterocycles. The van der Waals surface area contributed by atoms with Crippen LogP contribution >= 0.6 is 0 Å². The molecule has 0 aliphatic carbocycles. The zero-order valence-corrected chi connectivity index (χ0v) is 9.40. The van der Waals surface area contributed by atoms with Gasteiger partial charge in [0.25, 0.3) is 0 Å². The minimum Gasteiger partial charge on any atom is -0.264 e. The molecule has 0 unspecified atom stereocenters. The summed E-state index contributed by atoms with van der Waals surface area (Å²) in [5, 5.41) is 1.91. The number of hydrogen-bond acceptors (Lipinski definition) is 1. The highest BCUT2D eigenvalue weighted by Crippen LogP contribution is 2.05. The van der Waals surface area contributed by atoms with E-state index in [1.54, 1.807) is 6.20 Å². The van der Waals surface area contributed by atoms with E-state index in [0.717, 1.165) is 16.0 Å². The number of hydrogen-bond donors (Lipinski definition) is 0. The van der Waals surface area contributed by atoms with Crippen molar-refractivity contribution in [3.8, 4) is 0 Å². The third-order valence-corrected chi connectivity index (χ3v) is 2.17. The summed E-state index contributed by atoms with van der Waals surface area (Å²) >= 11 is 0. The molecule has 1 aromatic rings. The van der Waals surface area contributed by atoms with Crippen LogP contribution in [-0.2, 0) is 0 Å². The molecule has 0 aromatic carbocycles. The predicted octanol–water partition coefficient (Wildman–Crippen LogP) is 2.15. The lowest BCUT2D eigenvalue weighted by atomic mass is 10.0. The van der Waals surface area contributed by atoms with Crippen molar-refractivity contribution in [2.24, 2.45) is 0 Å². The molecule has 0 bridgehead atoms. The first-order valence-electron chi connectivity index (χ1n) is 5.07. The Kier molecular flexibility index (Phi) is 4.04. The van der Waals surface area contributed by atoms with Crippen LogP contribution in [0.5, 0.6) is 0 Å². The zero-order valence-electron chi connectivity index (χ0n) is 9.40. The van der Waals surface area contributed by atoms with Gasteiger partial charge in [0.2, 0.25) is 0 Å². The highest BCUT2D eigenvalue weighted by atomic mass is 14.6. The molecule has 0 spiro atoms. The predicted molar refractivity (Wildman–Crippen MR) is 66.2 cm³/mol. The van der Waals surface area contributed by atoms with Crippen LogP contribution in [0.25, 0.3) is 13.2 Å². The molecule has 0 saturated carbocycles. The third-order valence-electron chi connectivity index (χ3n) is 2.17. The van der Waals surface area contributed by atoms with Crippen molar-refractivity contribution in [2.45, 2.75) is 19.8 Å². The Morgan fingerprint density at radius 2 is 1.73 bits per heavy atom. The molecule has 0 atom stereocenters. The van der Waals surface area contributed by atoms with Gasteiger partial charge in [-0.2, -0.15) is 0 Å². The minimum atomic E-state index is 0.427. The van der Waals surface area contributed by atoms with Gasteiger partial charge in [-0.1, -0.05) is 51.3 Å². The van der Waals surface area contributed by atoms with Gasteiger partial charge in [0, 0.05) is 12.4 Å². The summed E-state index contributed by atoms with van der Waals surface area (Å²) < 4.78 is 0. The number of rotatable bonds is 1. The fraction of sp³-hybridized carbons (Fsp3) is 0.214. The molecule has 0 fully saturated rings. The smallest absolute Gasteiger partial charge is 0.0334 e. The summed E-state index contributed by atoms with van der Waals surface area (Å²) in [5.41, 5.74) is 1.16. The van der Waals surface area contributed by atoms with E-state index in [2.05, 4.69) is 32.0 Å². The first-order valence-corrected chi connectivity index (χ1v) is 5.07. The normalized spacial score (nSPS) is 9.80. The van der Waals surface area contributed by atoms with Gasteiger partial charge < -0.3 is 0 Å². The minimum absolute atomic E-state index is 0.427. The van der Waals surface area contributed by atoms with Gasteiger partial charge in [-0.25, -0.2) is 0 Å². The van der Waals surface area contributed by atoms with Crippen LogP contribution in [0.2, 0.25) is 0 Å². The van der Waals surface area contributed by atoms with Crippen molar-refractivity contribution in [2.75, 3.05) is 0 Å². The zero-order chi connectivity index (χ0) is 11.3. The average molecular weight is 199 g/mol. The van der Waals surface area contributed by atoms with Crippen LogP contribution in [0.3, 0.4) is 0 Å². The molecule has 1 aromatic heterocycles. The molecular weight excluding hydrogens is 182 g/mol. The molecule has 0 N–H and O–H groups in total. The Bertz CT molecular complexity index is 473. The van der Waals surface area contributed by atoms with Crippen LogP contribution in [0.1, 0.15) is 25.3 Å². The van der Waals surface area contributed by atoms with Crippen molar-refractivity contribution in [3.63, 3.8) is 0 Å². The quantitative estimate of drug-likeness (QED) is 0.675. The fourth-order valence-corrected chi connectivity index (χ4v) is 1.31. The molecule has 0 amide bonds. The van der Waals surface area contributed by atoms with E-state index in [0.29, 0.717) is 5.92 Å². The second-order valence-electron chi connectivity index (χ2n) is 3.84. The van der Waals surface area contributed by atoms with Crippen molar-refractivity contribution >= 4 is 13.2 Å². The lowest BCUT2D eigenvalue weighted by Gasteiger charge is -2.01. The Balaban J connectivity index is 3.50. The number of nitrogens with zero attached hydrogens (tertiary/aromatic N) is 1. The van der Waals surface area contributed by atoms with Crippen LogP contribution in [0.15, 0.2) is 36.7 Å². The molecule has 0 aliphatic heterocycles. The second kappa shape index (κ2) is 5.30. The molecule has 0 aliphatic rings. The summed E-state index contributed by atoms with van der Waals surface area (Å²) in [7, 11) is 0. The summed E-state index contributed by atoms with van der Waals surface area (Å²) in [6, 6.07) is 7.84. The van der Waals surface area contributed by atoms with Crippen LogP contribution in [0, 0.1) is 0 Å². The van der Waals surface area contributed by atoms with Crippen LogP contribution in [-0.4, -0.2) is 4.98 Å². The van der Waals surface area contributed by atoms with Gasteiger partial charge in [-0.15, -0.1) is 0 Å². The average Bonchev–Trinajstić information content (AvgIpc) is 2.18. The van der Waals surface area contributed by atoms with E-state index in [4.69, 9.17) is 0 Å². The molecular formula is C14H17N. The highest BCUT2D eigenvalue weighted by Gasteiger charge is 1.96. The molecule has 78 valence electrons. The number of aromatic nitrogens is 1. The second-order valence-corrected chi connectivity index (χ2v) is 3.84. The Morgan fingerprint density at radius 1 is 1.07 bits per heavy atom. The summed E-state index contributed by atoms with van der Waals surface area (Å²) in [5.74, 6) is 0.427. The molecule has 0 radical (unpaired) electrons.